The average molecular weight is 423 g/mol. The average Bonchev–Trinajstić information content (AvgIpc) is 2.42. The molecule has 0 saturated heterocycles. The minimum atomic E-state index is -0.625. The Morgan fingerprint density at radius 3 is 2.38 bits per heavy atom. The van der Waals surface area contributed by atoms with E-state index in [2.05, 4.69) is 26.6 Å². The highest BCUT2D eigenvalue weighted by Gasteiger charge is 2.17. The summed E-state index contributed by atoms with van der Waals surface area (Å²) in [6.07, 6.45) is 0.0321. The minimum Gasteiger partial charge on any atom is -0.491 e. The van der Waals surface area contributed by atoms with Gasteiger partial charge in [-0.2, -0.15) is 0 Å². The summed E-state index contributed by atoms with van der Waals surface area (Å²) in [4.78, 5) is 23.7. The summed E-state index contributed by atoms with van der Waals surface area (Å²) in [6, 6.07) is 4.68. The Morgan fingerprint density at radius 2 is 1.83 bits per heavy atom. The first kappa shape index (κ1) is 22.7. The van der Waals surface area contributed by atoms with Crippen molar-refractivity contribution in [2.24, 2.45) is 11.7 Å². The molecule has 8 heteroatoms. The van der Waals surface area contributed by atoms with E-state index < -0.39 is 6.04 Å². The Balaban J connectivity index is 0.00000529. The van der Waals surface area contributed by atoms with Gasteiger partial charge in [-0.1, -0.05) is 29.8 Å². The number of carbonyl (C=O) groups is 2. The summed E-state index contributed by atoms with van der Waals surface area (Å²) in [5.41, 5.74) is 6.30. The van der Waals surface area contributed by atoms with Crippen LogP contribution in [0.3, 0.4) is 0 Å². The van der Waals surface area contributed by atoms with Gasteiger partial charge in [0.25, 0.3) is 0 Å². The third kappa shape index (κ3) is 7.99. The maximum atomic E-state index is 11.9. The number of hydrogen-bond donors (Lipinski definition) is 3. The smallest absolute Gasteiger partial charge is 0.243 e. The lowest BCUT2D eigenvalue weighted by Crippen LogP contribution is -2.46. The van der Waals surface area contributed by atoms with Crippen LogP contribution < -0.4 is 21.1 Å². The highest BCUT2D eigenvalue weighted by molar-refractivity contribution is 9.10. The van der Waals surface area contributed by atoms with Crippen molar-refractivity contribution in [2.75, 3.05) is 11.9 Å². The molecule has 0 radical (unpaired) electrons. The van der Waals surface area contributed by atoms with Gasteiger partial charge in [0.05, 0.1) is 18.7 Å². The summed E-state index contributed by atoms with van der Waals surface area (Å²) in [5.74, 6) is -0.00875. The molecule has 6 nitrogen and oxygen atoms in total. The Kier molecular flexibility index (Phi) is 9.96. The predicted molar refractivity (Wildman–Crippen MR) is 102 cm³/mol. The molecule has 0 fully saturated rings. The topological polar surface area (TPSA) is 93.5 Å². The van der Waals surface area contributed by atoms with Gasteiger partial charge in [0.15, 0.2) is 0 Å². The highest BCUT2D eigenvalue weighted by atomic mass is 79.9. The molecule has 1 rings (SSSR count). The lowest BCUT2D eigenvalue weighted by molar-refractivity contribution is -0.125. The first-order valence-electron chi connectivity index (χ1n) is 7.49. The van der Waals surface area contributed by atoms with Crippen molar-refractivity contribution in [1.82, 2.24) is 5.32 Å². The van der Waals surface area contributed by atoms with Crippen LogP contribution in [0.15, 0.2) is 22.7 Å². The fourth-order valence-electron chi connectivity index (χ4n) is 1.77. The van der Waals surface area contributed by atoms with Crippen LogP contribution in [-0.4, -0.2) is 30.5 Å². The van der Waals surface area contributed by atoms with Gasteiger partial charge in [-0.25, -0.2) is 0 Å². The van der Waals surface area contributed by atoms with E-state index in [0.29, 0.717) is 11.4 Å². The van der Waals surface area contributed by atoms with Crippen LogP contribution in [0.5, 0.6) is 5.75 Å². The number of amides is 2. The minimum absolute atomic E-state index is 0. The number of halogens is 2. The van der Waals surface area contributed by atoms with Crippen molar-refractivity contribution in [2.45, 2.75) is 39.8 Å². The van der Waals surface area contributed by atoms with Gasteiger partial charge in [-0.15, -0.1) is 12.4 Å². The van der Waals surface area contributed by atoms with Gasteiger partial charge in [-0.05, 0) is 31.9 Å². The Morgan fingerprint density at radius 1 is 1.21 bits per heavy atom. The van der Waals surface area contributed by atoms with Crippen molar-refractivity contribution in [3.63, 3.8) is 0 Å². The normalized spacial score (nSPS) is 11.7. The van der Waals surface area contributed by atoms with Gasteiger partial charge in [0, 0.05) is 16.2 Å². The number of rotatable bonds is 7. The maximum Gasteiger partial charge on any atom is 0.243 e. The van der Waals surface area contributed by atoms with Crippen molar-refractivity contribution in [1.29, 1.82) is 0 Å². The SMILES string of the molecule is CC(C)Oc1cc(Br)cc(NC(=O)CNC(=O)[C@@H](N)C(C)C)c1.Cl. The van der Waals surface area contributed by atoms with Crippen LogP contribution in [0.2, 0.25) is 0 Å². The van der Waals surface area contributed by atoms with Crippen molar-refractivity contribution in [3.05, 3.63) is 22.7 Å². The molecule has 1 aromatic rings. The zero-order chi connectivity index (χ0) is 17.6. The molecule has 0 saturated carbocycles. The molecule has 24 heavy (non-hydrogen) atoms. The fourth-order valence-corrected chi connectivity index (χ4v) is 2.24. The summed E-state index contributed by atoms with van der Waals surface area (Å²) < 4.78 is 6.39. The standard InChI is InChI=1S/C16H24BrN3O3.ClH/c1-9(2)15(18)16(22)19-8-14(21)20-12-5-11(17)6-13(7-12)23-10(3)4;/h5-7,9-10,15H,8,18H2,1-4H3,(H,19,22)(H,20,21);1H/t15-;/m0./s1. The Bertz CT molecular complexity index is 567. The molecule has 0 heterocycles. The molecule has 0 spiro atoms. The third-order valence-corrected chi connectivity index (χ3v) is 3.43. The molecule has 4 N–H and O–H groups in total. The largest absolute Gasteiger partial charge is 0.491 e. The van der Waals surface area contributed by atoms with Gasteiger partial charge >= 0.3 is 0 Å². The number of nitrogens with two attached hydrogens (primary N) is 1. The predicted octanol–water partition coefficient (Wildman–Crippen LogP) is 2.70. The molecule has 0 bridgehead atoms. The number of ether oxygens (including phenoxy) is 1. The Labute approximate surface area is 157 Å². The molecule has 0 unspecified atom stereocenters. The maximum absolute atomic E-state index is 11.9. The van der Waals surface area contributed by atoms with Gasteiger partial charge in [0.2, 0.25) is 11.8 Å². The molecule has 0 aliphatic heterocycles. The molecule has 0 aliphatic rings. The molecular weight excluding hydrogens is 398 g/mol. The number of nitrogens with one attached hydrogen (secondary N) is 2. The molecular formula is C16H25BrClN3O3. The van der Waals surface area contributed by atoms with Crippen molar-refractivity contribution < 1.29 is 14.3 Å². The van der Waals surface area contributed by atoms with E-state index in [0.717, 1.165) is 4.47 Å². The summed E-state index contributed by atoms with van der Waals surface area (Å²) >= 11 is 3.37. The summed E-state index contributed by atoms with van der Waals surface area (Å²) in [5, 5.41) is 5.24. The van der Waals surface area contributed by atoms with E-state index in [4.69, 9.17) is 10.5 Å². The van der Waals surface area contributed by atoms with Crippen LogP contribution in [0.1, 0.15) is 27.7 Å². The second-order valence-electron chi connectivity index (χ2n) is 5.88. The molecule has 0 aliphatic carbocycles. The van der Waals surface area contributed by atoms with E-state index in [1.807, 2.05) is 33.8 Å². The van der Waals surface area contributed by atoms with Gasteiger partial charge in [0.1, 0.15) is 5.75 Å². The number of benzene rings is 1. The number of hydrogen-bond acceptors (Lipinski definition) is 4. The molecule has 2 amide bonds. The number of carbonyl (C=O) groups excluding carboxylic acids is 2. The quantitative estimate of drug-likeness (QED) is 0.630. The first-order chi connectivity index (χ1) is 10.7. The third-order valence-electron chi connectivity index (χ3n) is 2.97. The zero-order valence-electron chi connectivity index (χ0n) is 14.3. The monoisotopic (exact) mass is 421 g/mol. The van der Waals surface area contributed by atoms with E-state index in [-0.39, 0.29) is 42.8 Å². The lowest BCUT2D eigenvalue weighted by Gasteiger charge is -2.15. The Hall–Kier alpha value is -1.31. The first-order valence-corrected chi connectivity index (χ1v) is 8.28. The fraction of sp³-hybridized carbons (Fsp3) is 0.500. The summed E-state index contributed by atoms with van der Waals surface area (Å²) in [6.45, 7) is 7.41. The van der Waals surface area contributed by atoms with Crippen LogP contribution >= 0.6 is 28.3 Å². The second kappa shape index (κ2) is 10.5. The zero-order valence-corrected chi connectivity index (χ0v) is 16.7. The summed E-state index contributed by atoms with van der Waals surface area (Å²) in [7, 11) is 0. The van der Waals surface area contributed by atoms with Crippen molar-refractivity contribution >= 4 is 45.8 Å². The number of anilines is 1. The molecule has 1 aromatic carbocycles. The van der Waals surface area contributed by atoms with Crippen LogP contribution in [0, 0.1) is 5.92 Å². The van der Waals surface area contributed by atoms with Gasteiger partial charge < -0.3 is 21.1 Å². The second-order valence-corrected chi connectivity index (χ2v) is 6.79. The molecule has 136 valence electrons. The van der Waals surface area contributed by atoms with Crippen LogP contribution in [-0.2, 0) is 9.59 Å². The van der Waals surface area contributed by atoms with E-state index in [9.17, 15) is 9.59 Å². The van der Waals surface area contributed by atoms with Crippen LogP contribution in [0.4, 0.5) is 5.69 Å². The highest BCUT2D eigenvalue weighted by Crippen LogP contribution is 2.25. The van der Waals surface area contributed by atoms with Crippen molar-refractivity contribution in [3.8, 4) is 5.75 Å². The van der Waals surface area contributed by atoms with E-state index in [1.54, 1.807) is 12.1 Å². The molecule has 0 aromatic heterocycles. The van der Waals surface area contributed by atoms with Gasteiger partial charge in [-0.3, -0.25) is 9.59 Å². The van der Waals surface area contributed by atoms with Crippen LogP contribution in [0.25, 0.3) is 0 Å². The van der Waals surface area contributed by atoms with E-state index in [1.165, 1.54) is 0 Å². The lowest BCUT2D eigenvalue weighted by atomic mass is 10.1. The van der Waals surface area contributed by atoms with E-state index >= 15 is 0 Å². The molecule has 1 atom stereocenters.